The van der Waals surface area contributed by atoms with E-state index in [1.54, 1.807) is 43.2 Å². The molecule has 0 bridgehead atoms. The van der Waals surface area contributed by atoms with E-state index >= 15 is 0 Å². The lowest BCUT2D eigenvalue weighted by atomic mass is 10.2. The average Bonchev–Trinajstić information content (AvgIpc) is 2.65. The fourth-order valence-electron chi connectivity index (χ4n) is 2.66. The molecule has 1 aliphatic rings. The lowest BCUT2D eigenvalue weighted by Gasteiger charge is -2.29. The van der Waals surface area contributed by atoms with Crippen molar-refractivity contribution in [2.24, 2.45) is 0 Å². The van der Waals surface area contributed by atoms with E-state index < -0.39 is 0 Å². The number of benzene rings is 1. The maximum atomic E-state index is 12.1. The summed E-state index contributed by atoms with van der Waals surface area (Å²) in [5.41, 5.74) is 0.573. The SMILES string of the molecule is COc1ccc(C(=O)NCCN(CCN2CCOCC2)C(C)=O)cc1. The quantitative estimate of drug-likeness (QED) is 0.744. The number of hydrogen-bond acceptors (Lipinski definition) is 5. The van der Waals surface area contributed by atoms with Gasteiger partial charge in [-0.2, -0.15) is 0 Å². The number of nitrogens with zero attached hydrogens (tertiary/aromatic N) is 2. The molecule has 0 aliphatic carbocycles. The third-order valence-electron chi connectivity index (χ3n) is 4.25. The Hall–Kier alpha value is -2.12. The highest BCUT2D eigenvalue weighted by atomic mass is 16.5. The van der Waals surface area contributed by atoms with Crippen LogP contribution in [0.3, 0.4) is 0 Å². The molecule has 0 unspecified atom stereocenters. The molecule has 25 heavy (non-hydrogen) atoms. The predicted molar refractivity (Wildman–Crippen MR) is 94.8 cm³/mol. The topological polar surface area (TPSA) is 71.1 Å². The van der Waals surface area contributed by atoms with E-state index in [2.05, 4.69) is 10.2 Å². The van der Waals surface area contributed by atoms with E-state index in [9.17, 15) is 9.59 Å². The average molecular weight is 349 g/mol. The molecule has 0 saturated carbocycles. The smallest absolute Gasteiger partial charge is 0.251 e. The first-order chi connectivity index (χ1) is 12.1. The summed E-state index contributed by atoms with van der Waals surface area (Å²) in [5.74, 6) is 0.578. The highest BCUT2D eigenvalue weighted by Crippen LogP contribution is 2.10. The van der Waals surface area contributed by atoms with Crippen molar-refractivity contribution in [2.75, 3.05) is 59.6 Å². The van der Waals surface area contributed by atoms with Gasteiger partial charge in [0.25, 0.3) is 5.91 Å². The Balaban J connectivity index is 1.74. The highest BCUT2D eigenvalue weighted by Gasteiger charge is 2.14. The van der Waals surface area contributed by atoms with Crippen LogP contribution in [0.4, 0.5) is 0 Å². The van der Waals surface area contributed by atoms with Gasteiger partial charge in [0.2, 0.25) is 5.91 Å². The van der Waals surface area contributed by atoms with Crippen LogP contribution in [-0.4, -0.2) is 81.2 Å². The molecule has 1 aliphatic heterocycles. The van der Waals surface area contributed by atoms with Crippen LogP contribution in [0.15, 0.2) is 24.3 Å². The van der Waals surface area contributed by atoms with Crippen LogP contribution < -0.4 is 10.1 Å². The number of methoxy groups -OCH3 is 1. The first kappa shape index (κ1) is 19.2. The van der Waals surface area contributed by atoms with Crippen LogP contribution in [-0.2, 0) is 9.53 Å². The zero-order chi connectivity index (χ0) is 18.1. The molecular formula is C18H27N3O4. The molecule has 0 spiro atoms. The van der Waals surface area contributed by atoms with E-state index in [4.69, 9.17) is 9.47 Å². The van der Waals surface area contributed by atoms with Crippen LogP contribution in [0.25, 0.3) is 0 Å². The van der Waals surface area contributed by atoms with Crippen molar-refractivity contribution in [1.29, 1.82) is 0 Å². The van der Waals surface area contributed by atoms with Gasteiger partial charge in [0.1, 0.15) is 5.75 Å². The Morgan fingerprint density at radius 3 is 2.48 bits per heavy atom. The lowest BCUT2D eigenvalue weighted by molar-refractivity contribution is -0.129. The standard InChI is InChI=1S/C18H27N3O4/c1-15(22)21(10-9-20-11-13-25-14-12-20)8-7-19-18(23)16-3-5-17(24-2)6-4-16/h3-6H,7-14H2,1-2H3,(H,19,23). The van der Waals surface area contributed by atoms with Crippen LogP contribution in [0.2, 0.25) is 0 Å². The van der Waals surface area contributed by atoms with Gasteiger partial charge >= 0.3 is 0 Å². The summed E-state index contributed by atoms with van der Waals surface area (Å²) < 4.78 is 10.4. The number of morpholine rings is 1. The number of hydrogen-bond donors (Lipinski definition) is 1. The normalized spacial score (nSPS) is 14.8. The van der Waals surface area contributed by atoms with Crippen LogP contribution in [0.5, 0.6) is 5.75 Å². The minimum atomic E-state index is -0.153. The molecule has 1 aromatic rings. The molecule has 0 aromatic heterocycles. The lowest BCUT2D eigenvalue weighted by Crippen LogP contribution is -2.44. The fraction of sp³-hybridized carbons (Fsp3) is 0.556. The molecule has 0 atom stereocenters. The van der Waals surface area contributed by atoms with Crippen molar-refractivity contribution in [3.8, 4) is 5.75 Å². The number of ether oxygens (including phenoxy) is 2. The first-order valence-corrected chi connectivity index (χ1v) is 8.58. The van der Waals surface area contributed by atoms with Crippen molar-refractivity contribution in [2.45, 2.75) is 6.92 Å². The van der Waals surface area contributed by atoms with Crippen LogP contribution in [0, 0.1) is 0 Å². The number of carbonyl (C=O) groups excluding carboxylic acids is 2. The summed E-state index contributed by atoms with van der Waals surface area (Å²) in [5, 5.41) is 2.85. The molecule has 2 rings (SSSR count). The molecule has 7 nitrogen and oxygen atoms in total. The van der Waals surface area contributed by atoms with Gasteiger partial charge in [0.15, 0.2) is 0 Å². The van der Waals surface area contributed by atoms with E-state index in [1.807, 2.05) is 0 Å². The van der Waals surface area contributed by atoms with Gasteiger partial charge in [-0.3, -0.25) is 14.5 Å². The Labute approximate surface area is 148 Å². The van der Waals surface area contributed by atoms with Crippen molar-refractivity contribution < 1.29 is 19.1 Å². The van der Waals surface area contributed by atoms with Gasteiger partial charge in [-0.05, 0) is 24.3 Å². The zero-order valence-electron chi connectivity index (χ0n) is 15.0. The number of carbonyl (C=O) groups is 2. The minimum Gasteiger partial charge on any atom is -0.497 e. The predicted octanol–water partition coefficient (Wildman–Crippen LogP) is 0.606. The summed E-state index contributed by atoms with van der Waals surface area (Å²) in [6.07, 6.45) is 0. The van der Waals surface area contributed by atoms with E-state index in [0.29, 0.717) is 30.9 Å². The third kappa shape index (κ3) is 6.36. The van der Waals surface area contributed by atoms with E-state index in [-0.39, 0.29) is 11.8 Å². The summed E-state index contributed by atoms with van der Waals surface area (Å²) in [7, 11) is 1.59. The fourth-order valence-corrected chi connectivity index (χ4v) is 2.66. The van der Waals surface area contributed by atoms with Crippen LogP contribution in [0.1, 0.15) is 17.3 Å². The first-order valence-electron chi connectivity index (χ1n) is 8.58. The van der Waals surface area contributed by atoms with Crippen molar-refractivity contribution in [3.63, 3.8) is 0 Å². The molecule has 7 heteroatoms. The summed E-state index contributed by atoms with van der Waals surface area (Å²) >= 11 is 0. The molecule has 138 valence electrons. The van der Waals surface area contributed by atoms with Gasteiger partial charge in [0, 0.05) is 51.8 Å². The largest absolute Gasteiger partial charge is 0.497 e. The van der Waals surface area contributed by atoms with E-state index in [1.165, 1.54) is 0 Å². The highest BCUT2D eigenvalue weighted by molar-refractivity contribution is 5.94. The zero-order valence-corrected chi connectivity index (χ0v) is 15.0. The Morgan fingerprint density at radius 2 is 1.88 bits per heavy atom. The van der Waals surface area contributed by atoms with Gasteiger partial charge in [0.05, 0.1) is 20.3 Å². The van der Waals surface area contributed by atoms with E-state index in [0.717, 1.165) is 32.8 Å². The molecular weight excluding hydrogens is 322 g/mol. The summed E-state index contributed by atoms with van der Waals surface area (Å²) in [6, 6.07) is 6.93. The molecule has 0 radical (unpaired) electrons. The molecule has 1 N–H and O–H groups in total. The molecule has 1 heterocycles. The molecule has 1 saturated heterocycles. The minimum absolute atomic E-state index is 0.0203. The summed E-state index contributed by atoms with van der Waals surface area (Å²) in [6.45, 7) is 7.28. The Kier molecular flexibility index (Phi) is 7.69. The van der Waals surface area contributed by atoms with Gasteiger partial charge in [-0.15, -0.1) is 0 Å². The maximum absolute atomic E-state index is 12.1. The number of rotatable bonds is 8. The van der Waals surface area contributed by atoms with Gasteiger partial charge in [-0.1, -0.05) is 0 Å². The Bertz CT molecular complexity index is 556. The molecule has 1 fully saturated rings. The van der Waals surface area contributed by atoms with Crippen molar-refractivity contribution >= 4 is 11.8 Å². The van der Waals surface area contributed by atoms with Crippen molar-refractivity contribution in [3.05, 3.63) is 29.8 Å². The maximum Gasteiger partial charge on any atom is 0.251 e. The monoisotopic (exact) mass is 349 g/mol. The van der Waals surface area contributed by atoms with Gasteiger partial charge < -0.3 is 19.7 Å². The molecule has 2 amide bonds. The third-order valence-corrected chi connectivity index (χ3v) is 4.25. The van der Waals surface area contributed by atoms with Crippen LogP contribution >= 0.6 is 0 Å². The van der Waals surface area contributed by atoms with Gasteiger partial charge in [-0.25, -0.2) is 0 Å². The van der Waals surface area contributed by atoms with Crippen molar-refractivity contribution in [1.82, 2.24) is 15.1 Å². The Morgan fingerprint density at radius 1 is 1.20 bits per heavy atom. The second-order valence-corrected chi connectivity index (χ2v) is 5.94. The summed E-state index contributed by atoms with van der Waals surface area (Å²) in [4.78, 5) is 28.0. The second-order valence-electron chi connectivity index (χ2n) is 5.94. The number of amides is 2. The number of nitrogens with one attached hydrogen (secondary N) is 1. The second kappa shape index (κ2) is 10.0. The molecule has 1 aromatic carbocycles.